The average molecular weight is 493 g/mol. The number of hydrogen-bond donors (Lipinski definition) is 3. The monoisotopic (exact) mass is 492 g/mol. The molecule has 0 fully saturated rings. The lowest BCUT2D eigenvalue weighted by molar-refractivity contribution is -0.140. The van der Waals surface area contributed by atoms with Gasteiger partial charge in [0.05, 0.1) is 0 Å². The molecule has 186 valence electrons. The molecule has 4 aromatic rings. The van der Waals surface area contributed by atoms with Crippen molar-refractivity contribution in [1.29, 1.82) is 0 Å². The molecule has 1 amide bonds. The smallest absolute Gasteiger partial charge is 0.326 e. The summed E-state index contributed by atoms with van der Waals surface area (Å²) in [6.45, 7) is 4.00. The first-order valence-electron chi connectivity index (χ1n) is 11.6. The Morgan fingerprint density at radius 3 is 2.53 bits per heavy atom. The minimum Gasteiger partial charge on any atom is -0.480 e. The maximum atomic E-state index is 14.7. The number of aromatic nitrogens is 2. The van der Waals surface area contributed by atoms with Crippen LogP contribution in [0.4, 0.5) is 14.6 Å². The number of carboxylic acids is 1. The lowest BCUT2D eigenvalue weighted by atomic mass is 9.99. The van der Waals surface area contributed by atoms with Crippen LogP contribution < -0.4 is 10.6 Å². The van der Waals surface area contributed by atoms with Crippen LogP contribution in [0.15, 0.2) is 66.9 Å². The predicted octanol–water partition coefficient (Wildman–Crippen LogP) is 5.12. The van der Waals surface area contributed by atoms with Gasteiger partial charge in [-0.05, 0) is 41.8 Å². The summed E-state index contributed by atoms with van der Waals surface area (Å²) in [6, 6.07) is 14.7. The number of imidazole rings is 1. The first-order chi connectivity index (χ1) is 17.3. The maximum absolute atomic E-state index is 14.7. The molecule has 0 aliphatic carbocycles. The molecule has 0 aliphatic heterocycles. The molecule has 7 nitrogen and oxygen atoms in total. The number of carbonyl (C=O) groups excluding carboxylic acids is 1. The number of nitrogens with zero attached hydrogens (tertiary/aromatic N) is 2. The number of benzene rings is 2. The Morgan fingerprint density at radius 1 is 1.08 bits per heavy atom. The van der Waals surface area contributed by atoms with Gasteiger partial charge in [0.1, 0.15) is 34.8 Å². The predicted molar refractivity (Wildman–Crippen MR) is 133 cm³/mol. The highest BCUT2D eigenvalue weighted by Crippen LogP contribution is 2.32. The molecule has 0 saturated carbocycles. The van der Waals surface area contributed by atoms with Gasteiger partial charge in [-0.2, -0.15) is 0 Å². The van der Waals surface area contributed by atoms with Gasteiger partial charge in [0.15, 0.2) is 0 Å². The zero-order valence-corrected chi connectivity index (χ0v) is 19.8. The van der Waals surface area contributed by atoms with E-state index in [0.29, 0.717) is 24.4 Å². The fourth-order valence-corrected chi connectivity index (χ4v) is 3.91. The van der Waals surface area contributed by atoms with Crippen LogP contribution in [0, 0.1) is 17.6 Å². The van der Waals surface area contributed by atoms with Gasteiger partial charge in [-0.3, -0.25) is 9.20 Å². The Hall–Kier alpha value is -4.27. The van der Waals surface area contributed by atoms with E-state index in [1.165, 1.54) is 12.1 Å². The highest BCUT2D eigenvalue weighted by molar-refractivity contribution is 5.97. The molecule has 0 bridgehead atoms. The Morgan fingerprint density at radius 2 is 1.83 bits per heavy atom. The van der Waals surface area contributed by atoms with Crippen LogP contribution in [0.2, 0.25) is 0 Å². The topological polar surface area (TPSA) is 95.7 Å². The van der Waals surface area contributed by atoms with Gasteiger partial charge in [-0.1, -0.05) is 50.6 Å². The standard InChI is InChI=1S/C27H26F2N4O3/c1-3-16(2)23(27(35)36)32-26(34)18-11-12-33-22(13-18)31-24(20-14-19(28)9-10-21(20)29)25(33)30-15-17-7-5-4-6-8-17/h4-14,16,23,30H,3,15H2,1-2H3,(H,32,34)(H,35,36). The number of aliphatic carboxylic acids is 1. The average Bonchev–Trinajstić information content (AvgIpc) is 3.24. The van der Waals surface area contributed by atoms with Crippen LogP contribution in [-0.4, -0.2) is 32.4 Å². The van der Waals surface area contributed by atoms with Crippen molar-refractivity contribution in [2.75, 3.05) is 5.32 Å². The first-order valence-corrected chi connectivity index (χ1v) is 11.6. The highest BCUT2D eigenvalue weighted by Gasteiger charge is 2.26. The summed E-state index contributed by atoms with van der Waals surface area (Å²) < 4.78 is 30.3. The van der Waals surface area contributed by atoms with Gasteiger partial charge in [0.25, 0.3) is 5.91 Å². The molecule has 0 saturated heterocycles. The van der Waals surface area contributed by atoms with Crippen LogP contribution in [0.3, 0.4) is 0 Å². The van der Waals surface area contributed by atoms with E-state index in [-0.39, 0.29) is 22.7 Å². The summed E-state index contributed by atoms with van der Waals surface area (Å²) >= 11 is 0. The van der Waals surface area contributed by atoms with E-state index in [0.717, 1.165) is 23.8 Å². The van der Waals surface area contributed by atoms with Crippen molar-refractivity contribution >= 4 is 23.3 Å². The SMILES string of the molecule is CCC(C)C(NC(=O)c1ccn2c(NCc3ccccc3)c(-c3cc(F)ccc3F)nc2c1)C(=O)O. The molecule has 3 N–H and O–H groups in total. The van der Waals surface area contributed by atoms with Gasteiger partial charge in [0, 0.05) is 23.9 Å². The van der Waals surface area contributed by atoms with Crippen molar-refractivity contribution < 1.29 is 23.5 Å². The van der Waals surface area contributed by atoms with Gasteiger partial charge in [-0.15, -0.1) is 0 Å². The van der Waals surface area contributed by atoms with Crippen molar-refractivity contribution in [2.45, 2.75) is 32.9 Å². The molecule has 0 aliphatic rings. The van der Waals surface area contributed by atoms with Gasteiger partial charge >= 0.3 is 5.97 Å². The van der Waals surface area contributed by atoms with E-state index < -0.39 is 29.6 Å². The third-order valence-electron chi connectivity index (χ3n) is 6.14. The molecule has 36 heavy (non-hydrogen) atoms. The van der Waals surface area contributed by atoms with Gasteiger partial charge in [-0.25, -0.2) is 18.6 Å². The molecular weight excluding hydrogens is 466 g/mol. The molecule has 2 aromatic heterocycles. The summed E-state index contributed by atoms with van der Waals surface area (Å²) in [5.74, 6) is -2.77. The molecule has 0 radical (unpaired) electrons. The number of amides is 1. The van der Waals surface area contributed by atoms with Crippen molar-refractivity contribution in [3.05, 3.63) is 89.6 Å². The summed E-state index contributed by atoms with van der Waals surface area (Å²) in [5.41, 5.74) is 1.64. The quantitative estimate of drug-likeness (QED) is 0.301. The maximum Gasteiger partial charge on any atom is 0.326 e. The largest absolute Gasteiger partial charge is 0.480 e. The Kier molecular flexibility index (Phi) is 7.28. The third-order valence-corrected chi connectivity index (χ3v) is 6.14. The van der Waals surface area contributed by atoms with Crippen molar-refractivity contribution in [1.82, 2.24) is 14.7 Å². The number of hydrogen-bond acceptors (Lipinski definition) is 4. The second kappa shape index (κ2) is 10.6. The van der Waals surface area contributed by atoms with E-state index in [1.54, 1.807) is 17.5 Å². The second-order valence-corrected chi connectivity index (χ2v) is 8.59. The number of anilines is 1. The molecule has 0 spiro atoms. The van der Waals surface area contributed by atoms with E-state index >= 15 is 0 Å². The fourth-order valence-electron chi connectivity index (χ4n) is 3.91. The highest BCUT2D eigenvalue weighted by atomic mass is 19.1. The molecule has 2 unspecified atom stereocenters. The van der Waals surface area contributed by atoms with E-state index in [1.807, 2.05) is 37.3 Å². The number of nitrogens with one attached hydrogen (secondary N) is 2. The summed E-state index contributed by atoms with van der Waals surface area (Å²) in [4.78, 5) is 29.0. The Bertz CT molecular complexity index is 1410. The molecule has 2 heterocycles. The number of carboxylic acid groups (broad SMARTS) is 1. The first kappa shape index (κ1) is 24.8. The van der Waals surface area contributed by atoms with Crippen LogP contribution in [0.25, 0.3) is 16.9 Å². The van der Waals surface area contributed by atoms with Crippen LogP contribution in [0.1, 0.15) is 36.2 Å². The van der Waals surface area contributed by atoms with E-state index in [9.17, 15) is 23.5 Å². The minimum atomic E-state index is -1.11. The lowest BCUT2D eigenvalue weighted by Gasteiger charge is -2.20. The van der Waals surface area contributed by atoms with Crippen molar-refractivity contribution in [3.63, 3.8) is 0 Å². The second-order valence-electron chi connectivity index (χ2n) is 8.59. The zero-order valence-electron chi connectivity index (χ0n) is 19.8. The van der Waals surface area contributed by atoms with E-state index in [2.05, 4.69) is 15.6 Å². The number of fused-ring (bicyclic) bond motifs is 1. The number of pyridine rings is 1. The van der Waals surface area contributed by atoms with Crippen molar-refractivity contribution in [3.8, 4) is 11.3 Å². The Labute approximate surface area is 206 Å². The number of carbonyl (C=O) groups is 2. The fraction of sp³-hybridized carbons (Fsp3) is 0.222. The summed E-state index contributed by atoms with van der Waals surface area (Å²) in [6.07, 6.45) is 2.17. The molecule has 2 aromatic carbocycles. The van der Waals surface area contributed by atoms with Crippen LogP contribution >= 0.6 is 0 Å². The van der Waals surface area contributed by atoms with Gasteiger partial charge < -0.3 is 15.7 Å². The molecule has 4 rings (SSSR count). The molecule has 2 atom stereocenters. The summed E-state index contributed by atoms with van der Waals surface area (Å²) in [5, 5.41) is 15.3. The van der Waals surface area contributed by atoms with Crippen molar-refractivity contribution in [2.24, 2.45) is 5.92 Å². The van der Waals surface area contributed by atoms with E-state index in [4.69, 9.17) is 0 Å². The van der Waals surface area contributed by atoms with Gasteiger partial charge in [0.2, 0.25) is 0 Å². The molecular formula is C27H26F2N4O3. The third kappa shape index (κ3) is 5.19. The normalized spacial score (nSPS) is 12.8. The summed E-state index contributed by atoms with van der Waals surface area (Å²) in [7, 11) is 0. The molecule has 9 heteroatoms. The van der Waals surface area contributed by atoms with Crippen LogP contribution in [0.5, 0.6) is 0 Å². The minimum absolute atomic E-state index is 0.0250. The number of halogens is 2. The Balaban J connectivity index is 1.74. The number of rotatable bonds is 9. The van der Waals surface area contributed by atoms with Crippen LogP contribution in [-0.2, 0) is 11.3 Å². The zero-order chi connectivity index (χ0) is 25.8. The lowest BCUT2D eigenvalue weighted by Crippen LogP contribution is -2.45.